The van der Waals surface area contributed by atoms with Crippen LogP contribution in [0.3, 0.4) is 0 Å². The van der Waals surface area contributed by atoms with E-state index in [-0.39, 0.29) is 0 Å². The molecule has 5 heteroatoms. The topological polar surface area (TPSA) is 50.9 Å². The van der Waals surface area contributed by atoms with Crippen LogP contribution in [-0.2, 0) is 6.54 Å². The molecule has 1 aromatic heterocycles. The van der Waals surface area contributed by atoms with Crippen LogP contribution in [0.15, 0.2) is 53.0 Å². The lowest BCUT2D eigenvalue weighted by molar-refractivity contribution is 0.150. The summed E-state index contributed by atoms with van der Waals surface area (Å²) in [6.07, 6.45) is -0.603. The Morgan fingerprint density at radius 2 is 1.70 bits per heavy atom. The van der Waals surface area contributed by atoms with E-state index in [0.29, 0.717) is 12.4 Å². The first-order valence-corrected chi connectivity index (χ1v) is 8.24. The molecule has 0 aliphatic heterocycles. The van der Waals surface area contributed by atoms with E-state index in [1.807, 2.05) is 62.4 Å². The second-order valence-corrected chi connectivity index (χ2v) is 6.51. The van der Waals surface area contributed by atoms with Crippen LogP contribution in [0.1, 0.15) is 23.1 Å². The quantitative estimate of drug-likeness (QED) is 0.752. The average molecular weight is 372 g/mol. The van der Waals surface area contributed by atoms with Gasteiger partial charge in [-0.05, 0) is 31.5 Å². The van der Waals surface area contributed by atoms with Gasteiger partial charge in [0, 0.05) is 10.0 Å². The van der Waals surface area contributed by atoms with Crippen molar-refractivity contribution in [3.63, 3.8) is 0 Å². The van der Waals surface area contributed by atoms with E-state index in [0.717, 1.165) is 21.4 Å². The molecule has 1 N–H and O–H groups in total. The summed E-state index contributed by atoms with van der Waals surface area (Å²) in [6.45, 7) is 4.32. The third kappa shape index (κ3) is 3.68. The molecule has 0 saturated heterocycles. The summed E-state index contributed by atoms with van der Waals surface area (Å²) in [5.74, 6) is 1.46. The fourth-order valence-electron chi connectivity index (χ4n) is 2.37. The smallest absolute Gasteiger partial charge is 0.181 e. The molecule has 3 rings (SSSR count). The van der Waals surface area contributed by atoms with Gasteiger partial charge in [-0.25, -0.2) is 9.67 Å². The zero-order valence-corrected chi connectivity index (χ0v) is 14.7. The molecule has 0 fully saturated rings. The van der Waals surface area contributed by atoms with E-state index >= 15 is 0 Å². The predicted octanol–water partition coefficient (Wildman–Crippen LogP) is 4.06. The van der Waals surface area contributed by atoms with Gasteiger partial charge in [-0.2, -0.15) is 5.10 Å². The number of benzene rings is 2. The average Bonchev–Trinajstić information content (AvgIpc) is 2.89. The largest absolute Gasteiger partial charge is 0.386 e. The highest BCUT2D eigenvalue weighted by molar-refractivity contribution is 9.10. The SMILES string of the molecule is Cc1ccc(C(O)Cn2nc(-c3ccc(Br)cc3)nc2C)cc1. The normalized spacial score (nSPS) is 12.3. The minimum atomic E-state index is -0.603. The van der Waals surface area contributed by atoms with Crippen molar-refractivity contribution in [2.75, 3.05) is 0 Å². The lowest BCUT2D eigenvalue weighted by Crippen LogP contribution is -2.11. The highest BCUT2D eigenvalue weighted by Gasteiger charge is 2.13. The number of aliphatic hydroxyl groups excluding tert-OH is 1. The first-order valence-electron chi connectivity index (χ1n) is 7.45. The molecule has 1 heterocycles. The highest BCUT2D eigenvalue weighted by Crippen LogP contribution is 2.21. The van der Waals surface area contributed by atoms with E-state index in [1.165, 1.54) is 5.56 Å². The van der Waals surface area contributed by atoms with Crippen LogP contribution in [0.5, 0.6) is 0 Å². The number of rotatable bonds is 4. The molecular formula is C18H18BrN3O. The van der Waals surface area contributed by atoms with Crippen molar-refractivity contribution in [1.82, 2.24) is 14.8 Å². The molecule has 0 aliphatic carbocycles. The van der Waals surface area contributed by atoms with Crippen molar-refractivity contribution in [1.29, 1.82) is 0 Å². The summed E-state index contributed by atoms with van der Waals surface area (Å²) in [5.41, 5.74) is 3.02. The number of aromatic nitrogens is 3. The lowest BCUT2D eigenvalue weighted by Gasteiger charge is -2.12. The van der Waals surface area contributed by atoms with Crippen LogP contribution < -0.4 is 0 Å². The molecule has 0 amide bonds. The zero-order chi connectivity index (χ0) is 16.4. The molecule has 4 nitrogen and oxygen atoms in total. The molecule has 0 saturated carbocycles. The Hall–Kier alpha value is -1.98. The Balaban J connectivity index is 1.81. The van der Waals surface area contributed by atoms with Crippen molar-refractivity contribution in [3.05, 3.63) is 70.0 Å². The maximum atomic E-state index is 10.4. The van der Waals surface area contributed by atoms with Gasteiger partial charge < -0.3 is 5.11 Å². The predicted molar refractivity (Wildman–Crippen MR) is 94.0 cm³/mol. The first-order chi connectivity index (χ1) is 11.0. The monoisotopic (exact) mass is 371 g/mol. The number of halogens is 1. The Kier molecular flexibility index (Phi) is 4.59. The van der Waals surface area contributed by atoms with Gasteiger partial charge in [-0.1, -0.05) is 57.9 Å². The molecule has 0 spiro atoms. The summed E-state index contributed by atoms with van der Waals surface area (Å²) in [6, 6.07) is 15.8. The van der Waals surface area contributed by atoms with Crippen LogP contribution in [0, 0.1) is 13.8 Å². The fraction of sp³-hybridized carbons (Fsp3) is 0.222. The van der Waals surface area contributed by atoms with E-state index in [4.69, 9.17) is 0 Å². The van der Waals surface area contributed by atoms with Gasteiger partial charge in [0.25, 0.3) is 0 Å². The molecule has 118 valence electrons. The summed E-state index contributed by atoms with van der Waals surface area (Å²) in [7, 11) is 0. The summed E-state index contributed by atoms with van der Waals surface area (Å²) < 4.78 is 2.77. The summed E-state index contributed by atoms with van der Waals surface area (Å²) in [4.78, 5) is 4.50. The van der Waals surface area contributed by atoms with E-state index < -0.39 is 6.10 Å². The molecule has 0 bridgehead atoms. The number of hydrogen-bond acceptors (Lipinski definition) is 3. The van der Waals surface area contributed by atoms with Crippen LogP contribution in [0.4, 0.5) is 0 Å². The van der Waals surface area contributed by atoms with Gasteiger partial charge in [0.2, 0.25) is 0 Å². The van der Waals surface area contributed by atoms with Crippen LogP contribution in [0.25, 0.3) is 11.4 Å². The minimum absolute atomic E-state index is 0.387. The van der Waals surface area contributed by atoms with E-state index in [9.17, 15) is 5.11 Å². The maximum absolute atomic E-state index is 10.4. The molecule has 0 aliphatic rings. The second kappa shape index (κ2) is 6.64. The molecule has 2 aromatic carbocycles. The van der Waals surface area contributed by atoms with Gasteiger partial charge >= 0.3 is 0 Å². The van der Waals surface area contributed by atoms with Gasteiger partial charge in [-0.3, -0.25) is 0 Å². The molecule has 3 aromatic rings. The van der Waals surface area contributed by atoms with Crippen LogP contribution in [0.2, 0.25) is 0 Å². The Bertz CT molecular complexity index is 794. The highest BCUT2D eigenvalue weighted by atomic mass is 79.9. The zero-order valence-electron chi connectivity index (χ0n) is 13.1. The molecule has 1 atom stereocenters. The maximum Gasteiger partial charge on any atom is 0.181 e. The number of hydrogen-bond donors (Lipinski definition) is 1. The summed E-state index contributed by atoms with van der Waals surface area (Å²) in [5, 5.41) is 14.9. The molecular weight excluding hydrogens is 354 g/mol. The first kappa shape index (κ1) is 15.9. The van der Waals surface area contributed by atoms with Crippen LogP contribution in [-0.4, -0.2) is 19.9 Å². The van der Waals surface area contributed by atoms with Gasteiger partial charge in [0.05, 0.1) is 12.6 Å². The number of aliphatic hydroxyl groups is 1. The number of aryl methyl sites for hydroxylation is 2. The van der Waals surface area contributed by atoms with Crippen molar-refractivity contribution < 1.29 is 5.11 Å². The van der Waals surface area contributed by atoms with Gasteiger partial charge in [0.15, 0.2) is 5.82 Å². The molecule has 0 radical (unpaired) electrons. The van der Waals surface area contributed by atoms with Crippen molar-refractivity contribution in [2.24, 2.45) is 0 Å². The van der Waals surface area contributed by atoms with Gasteiger partial charge in [0.1, 0.15) is 5.82 Å². The Morgan fingerprint density at radius 1 is 1.04 bits per heavy atom. The molecule has 23 heavy (non-hydrogen) atoms. The standard InChI is InChI=1S/C18H18BrN3O/c1-12-3-5-14(6-4-12)17(23)11-22-13(2)20-18(21-22)15-7-9-16(19)10-8-15/h3-10,17,23H,11H2,1-2H3. The third-order valence-corrected chi connectivity index (χ3v) is 4.30. The van der Waals surface area contributed by atoms with Crippen molar-refractivity contribution >= 4 is 15.9 Å². The fourth-order valence-corrected chi connectivity index (χ4v) is 2.64. The third-order valence-electron chi connectivity index (χ3n) is 3.77. The Labute approximate surface area is 143 Å². The Morgan fingerprint density at radius 3 is 2.35 bits per heavy atom. The van der Waals surface area contributed by atoms with Gasteiger partial charge in [-0.15, -0.1) is 0 Å². The van der Waals surface area contributed by atoms with E-state index in [1.54, 1.807) is 4.68 Å². The van der Waals surface area contributed by atoms with Crippen molar-refractivity contribution in [3.8, 4) is 11.4 Å². The summed E-state index contributed by atoms with van der Waals surface area (Å²) >= 11 is 3.42. The van der Waals surface area contributed by atoms with Crippen LogP contribution >= 0.6 is 15.9 Å². The number of nitrogens with zero attached hydrogens (tertiary/aromatic N) is 3. The molecule has 1 unspecified atom stereocenters. The second-order valence-electron chi connectivity index (χ2n) is 5.60. The lowest BCUT2D eigenvalue weighted by atomic mass is 10.1. The van der Waals surface area contributed by atoms with Crippen molar-refractivity contribution in [2.45, 2.75) is 26.5 Å². The van der Waals surface area contributed by atoms with E-state index in [2.05, 4.69) is 26.0 Å². The minimum Gasteiger partial charge on any atom is -0.386 e.